The molecule has 0 atom stereocenters. The Balaban J connectivity index is -0.00000000827. The van der Waals surface area contributed by atoms with Crippen molar-refractivity contribution in [1.82, 2.24) is 0 Å². The van der Waals surface area contributed by atoms with Gasteiger partial charge in [0.1, 0.15) is 0 Å². The predicted molar refractivity (Wildman–Crippen MR) is 44.4 cm³/mol. The van der Waals surface area contributed by atoms with Crippen molar-refractivity contribution in [1.29, 1.82) is 0 Å². The third-order valence-corrected chi connectivity index (χ3v) is 0. The molecule has 0 amide bonds. The van der Waals surface area contributed by atoms with Crippen molar-refractivity contribution in [2.45, 2.75) is 0 Å². The minimum absolute atomic E-state index is 0. The molecule has 0 unspecified atom stereocenters. The first-order chi connectivity index (χ1) is 5.20. The Labute approximate surface area is 127 Å². The Morgan fingerprint density at radius 1 is 0.556 bits per heavy atom. The number of rotatable bonds is 0. The summed E-state index contributed by atoms with van der Waals surface area (Å²) >= 11 is 0. The molecular weight excluding hydrogens is 425 g/mol. The van der Waals surface area contributed by atoms with Crippen molar-refractivity contribution in [3.8, 4) is 0 Å². The molecule has 0 aliphatic carbocycles. The summed E-state index contributed by atoms with van der Waals surface area (Å²) in [6.07, 6.45) is 0. The fourth-order valence-electron chi connectivity index (χ4n) is 0. The monoisotopic (exact) mass is 438 g/mol. The summed E-state index contributed by atoms with van der Waals surface area (Å²) in [4.78, 5) is 25.1. The molecule has 0 heterocycles. The van der Waals surface area contributed by atoms with Crippen molar-refractivity contribution in [2.75, 3.05) is 0 Å². The zero-order chi connectivity index (χ0) is 10.7. The molecule has 0 aliphatic rings. The molecule has 0 aromatic heterocycles. The molecule has 18 heteroatoms. The molecule has 0 rings (SSSR count). The number of hydrogen-bond donors (Lipinski definition) is 3. The maximum Gasteiger partial charge on any atom is 0.291 e. The van der Waals surface area contributed by atoms with E-state index in [0.717, 1.165) is 0 Å². The Morgan fingerprint density at radius 2 is 0.556 bits per heavy atom. The van der Waals surface area contributed by atoms with Crippen LogP contribution < -0.4 is 0 Å². The minimum Gasteiger partial charge on any atom is -0.412 e. The van der Waals surface area contributed by atoms with Crippen LogP contribution in [0.4, 0.5) is 0 Å². The molecule has 0 aromatic carbocycles. The fourth-order valence-corrected chi connectivity index (χ4v) is 0. The van der Waals surface area contributed by atoms with Crippen LogP contribution in [0.5, 0.6) is 0 Å². The molecule has 121 valence electrons. The summed E-state index contributed by atoms with van der Waals surface area (Å²) in [6, 6.07) is 0. The van der Waals surface area contributed by atoms with Gasteiger partial charge in [0.05, 0.1) is 0 Å². The van der Waals surface area contributed by atoms with Crippen LogP contribution in [0.25, 0.3) is 0 Å². The third kappa shape index (κ3) is 1590. The quantitative estimate of drug-likeness (QED) is 0.240. The molecule has 0 saturated heterocycles. The van der Waals surface area contributed by atoms with E-state index < -0.39 is 15.3 Å². The summed E-state index contributed by atoms with van der Waals surface area (Å²) in [6.45, 7) is 0. The van der Waals surface area contributed by atoms with Crippen molar-refractivity contribution in [2.24, 2.45) is 0 Å². The van der Waals surface area contributed by atoms with E-state index in [4.69, 9.17) is 46.0 Å². The molecule has 0 fully saturated rings. The molecule has 0 spiro atoms. The molecule has 0 aromatic rings. The first-order valence-corrected chi connectivity index (χ1v) is 1.70. The number of hydrogen-bond acceptors (Lipinski definition) is 6. The molecule has 0 saturated carbocycles. The summed E-state index contributed by atoms with van der Waals surface area (Å²) in [5.41, 5.74) is 0. The second-order valence-corrected chi connectivity index (χ2v) is 0.714. The van der Waals surface area contributed by atoms with Gasteiger partial charge < -0.3 is 43.0 Å². The maximum atomic E-state index is 8.36. The van der Waals surface area contributed by atoms with Crippen molar-refractivity contribution < 1.29 is 96.9 Å². The van der Waals surface area contributed by atoms with E-state index in [0.29, 0.717) is 0 Å². The van der Waals surface area contributed by atoms with Gasteiger partial charge in [0, 0.05) is 38.6 Å². The van der Waals surface area contributed by atoms with Crippen LogP contribution in [0.3, 0.4) is 0 Å². The van der Waals surface area contributed by atoms with E-state index in [1.807, 2.05) is 0 Å². The summed E-state index contributed by atoms with van der Waals surface area (Å²) in [7, 11) is 0. The van der Waals surface area contributed by atoms with Gasteiger partial charge >= 0.3 is 0 Å². The van der Waals surface area contributed by atoms with Crippen molar-refractivity contribution in [3.63, 3.8) is 0 Å². The van der Waals surface area contributed by atoms with Crippen LogP contribution in [0.2, 0.25) is 0 Å². The van der Waals surface area contributed by atoms with Gasteiger partial charge in [-0.2, -0.15) is 0 Å². The molecule has 0 bridgehead atoms. The van der Waals surface area contributed by atoms with E-state index in [2.05, 4.69) is 0 Å². The van der Waals surface area contributed by atoms with E-state index in [9.17, 15) is 0 Å². The SMILES string of the molecule is O.O.O.O.O.O=[N+]([O-])O.O=[N+]([O-])O.O=[N+]([O-])O.[Tb]. The topological polar surface area (TPSA) is 348 Å². The summed E-state index contributed by atoms with van der Waals surface area (Å²) in [5, 5.41) is 40.9. The van der Waals surface area contributed by atoms with Gasteiger partial charge in [0.2, 0.25) is 0 Å². The molecule has 13 N–H and O–H groups in total. The third-order valence-electron chi connectivity index (χ3n) is 0. The van der Waals surface area contributed by atoms with Crippen LogP contribution in [0.1, 0.15) is 0 Å². The zero-order valence-electron chi connectivity index (χ0n) is 7.97. The second kappa shape index (κ2) is 57.3. The fraction of sp³-hybridized carbons (Fsp3) is 0. The van der Waals surface area contributed by atoms with Gasteiger partial charge in [-0.15, -0.1) is 30.3 Å². The van der Waals surface area contributed by atoms with Gasteiger partial charge in [-0.25, -0.2) is 0 Å². The normalized spacial score (nSPS) is 4.00. The Kier molecular flexibility index (Phi) is 221. The largest absolute Gasteiger partial charge is 0.412 e. The summed E-state index contributed by atoms with van der Waals surface area (Å²) < 4.78 is 0. The first-order valence-electron chi connectivity index (χ1n) is 1.70. The Bertz CT molecular complexity index is 115. The zero-order valence-corrected chi connectivity index (χ0v) is 10.1. The first kappa shape index (κ1) is 69.5. The van der Waals surface area contributed by atoms with Gasteiger partial charge in [0.25, 0.3) is 15.3 Å². The maximum absolute atomic E-state index is 8.36. The second-order valence-electron chi connectivity index (χ2n) is 0.714. The smallest absolute Gasteiger partial charge is 0.291 e. The molecule has 0 aliphatic heterocycles. The van der Waals surface area contributed by atoms with Crippen LogP contribution in [-0.4, -0.2) is 58.3 Å². The van der Waals surface area contributed by atoms with E-state index >= 15 is 0 Å². The molecule has 1 radical (unpaired) electrons. The van der Waals surface area contributed by atoms with Gasteiger partial charge in [0.15, 0.2) is 0 Å². The Morgan fingerprint density at radius 3 is 0.556 bits per heavy atom. The van der Waals surface area contributed by atoms with Crippen LogP contribution in [0, 0.1) is 69.0 Å². The average molecular weight is 438 g/mol. The molecular formula is H13N3O14Tb. The van der Waals surface area contributed by atoms with Crippen LogP contribution >= 0.6 is 0 Å². The average Bonchev–Trinajstić information content (AvgIpc) is 1.54. The Hall–Kier alpha value is -1.31. The molecule has 18 heavy (non-hydrogen) atoms. The van der Waals surface area contributed by atoms with E-state index in [1.165, 1.54) is 0 Å². The van der Waals surface area contributed by atoms with Crippen LogP contribution in [-0.2, 0) is 0 Å². The summed E-state index contributed by atoms with van der Waals surface area (Å²) in [5.74, 6) is 0. The van der Waals surface area contributed by atoms with Gasteiger partial charge in [-0.3, -0.25) is 0 Å². The number of nitrogens with zero attached hydrogens (tertiary/aromatic N) is 3. The standard InChI is InChI=1S/3HNO3.5H2O.Tb/c3*2-1(3)4;;;;;;/h3*(H,2,3,4);5*1H2;. The predicted octanol–water partition coefficient (Wildman–Crippen LogP) is -5.17. The van der Waals surface area contributed by atoms with Crippen LogP contribution in [0.15, 0.2) is 0 Å². The minimum atomic E-state index is -1.50. The molecule has 17 nitrogen and oxygen atoms in total. The van der Waals surface area contributed by atoms with Crippen molar-refractivity contribution in [3.05, 3.63) is 30.3 Å². The van der Waals surface area contributed by atoms with Gasteiger partial charge in [-0.1, -0.05) is 0 Å². The van der Waals surface area contributed by atoms with Crippen molar-refractivity contribution >= 4 is 0 Å². The van der Waals surface area contributed by atoms with E-state index in [1.54, 1.807) is 0 Å². The van der Waals surface area contributed by atoms with E-state index in [-0.39, 0.29) is 66.0 Å². The van der Waals surface area contributed by atoms with Gasteiger partial charge in [-0.05, 0) is 0 Å².